The number of piperidine rings is 1. The first-order chi connectivity index (χ1) is 15.7. The Labute approximate surface area is 198 Å². The number of nitrogens with one attached hydrogen (secondary N) is 1. The summed E-state index contributed by atoms with van der Waals surface area (Å²) in [6.45, 7) is 6.05. The SMILES string of the molecule is CC(CC(C)C1OC(=O)CCCCCCCCC1C)C(=O)CC(O)CC1CC(=O)NC(=O)C1. The first-order valence-corrected chi connectivity index (χ1v) is 12.9. The van der Waals surface area contributed by atoms with Gasteiger partial charge in [0.15, 0.2) is 0 Å². The zero-order valence-electron chi connectivity index (χ0n) is 20.6. The number of carbonyl (C=O) groups excluding carboxylic acids is 4. The molecule has 188 valence electrons. The standard InChI is InChI=1S/C26H43NO6/c1-17-10-8-6-4-5-7-9-11-25(32)33-26(17)19(3)12-18(2)22(29)16-21(28)13-20-14-23(30)27-24(31)15-20/h17-21,26,28H,4-16H2,1-3H3,(H,27,30,31). The van der Waals surface area contributed by atoms with Gasteiger partial charge in [-0.2, -0.15) is 0 Å². The molecule has 2 fully saturated rings. The largest absolute Gasteiger partial charge is 0.462 e. The average molecular weight is 466 g/mol. The van der Waals surface area contributed by atoms with Crippen LogP contribution in [0.4, 0.5) is 0 Å². The molecule has 0 saturated carbocycles. The summed E-state index contributed by atoms with van der Waals surface area (Å²) in [5, 5.41) is 12.7. The minimum Gasteiger partial charge on any atom is -0.462 e. The lowest BCUT2D eigenvalue weighted by Crippen LogP contribution is -2.39. The molecule has 0 radical (unpaired) electrons. The van der Waals surface area contributed by atoms with E-state index in [0.717, 1.165) is 25.7 Å². The number of rotatable bonds is 8. The quantitative estimate of drug-likeness (QED) is 0.413. The number of amides is 2. The van der Waals surface area contributed by atoms with Crippen LogP contribution in [-0.2, 0) is 23.9 Å². The van der Waals surface area contributed by atoms with E-state index in [1.54, 1.807) is 0 Å². The topological polar surface area (TPSA) is 110 Å². The summed E-state index contributed by atoms with van der Waals surface area (Å²) in [4.78, 5) is 48.2. The number of carbonyl (C=O) groups is 4. The van der Waals surface area contributed by atoms with Gasteiger partial charge in [-0.3, -0.25) is 24.5 Å². The summed E-state index contributed by atoms with van der Waals surface area (Å²) in [5.41, 5.74) is 0. The number of esters is 1. The Morgan fingerprint density at radius 2 is 1.64 bits per heavy atom. The van der Waals surface area contributed by atoms with Gasteiger partial charge in [0, 0.05) is 31.6 Å². The van der Waals surface area contributed by atoms with Crippen molar-refractivity contribution >= 4 is 23.6 Å². The lowest BCUT2D eigenvalue weighted by Gasteiger charge is -2.31. The van der Waals surface area contributed by atoms with Crippen molar-refractivity contribution in [2.45, 2.75) is 116 Å². The van der Waals surface area contributed by atoms with Crippen LogP contribution in [0.5, 0.6) is 0 Å². The molecule has 0 aromatic rings. The van der Waals surface area contributed by atoms with E-state index < -0.39 is 6.10 Å². The minimum absolute atomic E-state index is 0.0141. The molecule has 2 amide bonds. The molecule has 2 aliphatic heterocycles. The van der Waals surface area contributed by atoms with Crippen LogP contribution in [0.15, 0.2) is 0 Å². The Hall–Kier alpha value is -1.76. The van der Waals surface area contributed by atoms with E-state index >= 15 is 0 Å². The van der Waals surface area contributed by atoms with Crippen LogP contribution in [0.2, 0.25) is 0 Å². The van der Waals surface area contributed by atoms with Gasteiger partial charge in [-0.1, -0.05) is 52.9 Å². The van der Waals surface area contributed by atoms with Gasteiger partial charge in [0.2, 0.25) is 11.8 Å². The number of hydrogen-bond acceptors (Lipinski definition) is 6. The van der Waals surface area contributed by atoms with Crippen molar-refractivity contribution in [1.29, 1.82) is 0 Å². The fraction of sp³-hybridized carbons (Fsp3) is 0.846. The first kappa shape index (κ1) is 27.5. The first-order valence-electron chi connectivity index (χ1n) is 12.9. The molecule has 33 heavy (non-hydrogen) atoms. The maximum atomic E-state index is 12.8. The number of ketones is 1. The fourth-order valence-electron chi connectivity index (χ4n) is 5.36. The van der Waals surface area contributed by atoms with Crippen molar-refractivity contribution in [3.05, 3.63) is 0 Å². The zero-order chi connectivity index (χ0) is 24.4. The number of aliphatic hydroxyl groups is 1. The maximum absolute atomic E-state index is 12.8. The Bertz CT molecular complexity index is 662. The van der Waals surface area contributed by atoms with Crippen LogP contribution in [0, 0.1) is 23.7 Å². The van der Waals surface area contributed by atoms with Crippen molar-refractivity contribution < 1.29 is 29.0 Å². The van der Waals surface area contributed by atoms with Crippen molar-refractivity contribution in [2.24, 2.45) is 23.7 Å². The van der Waals surface area contributed by atoms with E-state index in [4.69, 9.17) is 4.74 Å². The van der Waals surface area contributed by atoms with Crippen LogP contribution < -0.4 is 5.32 Å². The Morgan fingerprint density at radius 3 is 2.30 bits per heavy atom. The Balaban J connectivity index is 1.87. The highest BCUT2D eigenvalue weighted by Crippen LogP contribution is 2.29. The predicted molar refractivity (Wildman–Crippen MR) is 125 cm³/mol. The second-order valence-corrected chi connectivity index (χ2v) is 10.5. The third kappa shape index (κ3) is 9.95. The monoisotopic (exact) mass is 465 g/mol. The second kappa shape index (κ2) is 13.8. The van der Waals surface area contributed by atoms with Gasteiger partial charge < -0.3 is 9.84 Å². The number of ether oxygens (including phenoxy) is 1. The van der Waals surface area contributed by atoms with Gasteiger partial charge in [0.25, 0.3) is 0 Å². The van der Waals surface area contributed by atoms with E-state index in [2.05, 4.69) is 12.2 Å². The molecule has 0 aliphatic carbocycles. The van der Waals surface area contributed by atoms with Gasteiger partial charge in [-0.25, -0.2) is 0 Å². The summed E-state index contributed by atoms with van der Waals surface area (Å²) in [7, 11) is 0. The van der Waals surface area contributed by atoms with E-state index in [-0.39, 0.29) is 79.0 Å². The molecule has 5 unspecified atom stereocenters. The van der Waals surface area contributed by atoms with Gasteiger partial charge in [0.1, 0.15) is 11.9 Å². The second-order valence-electron chi connectivity index (χ2n) is 10.5. The lowest BCUT2D eigenvalue weighted by molar-refractivity contribution is -0.155. The summed E-state index contributed by atoms with van der Waals surface area (Å²) < 4.78 is 5.91. The third-order valence-corrected chi connectivity index (χ3v) is 7.22. The minimum atomic E-state index is -0.864. The van der Waals surface area contributed by atoms with Gasteiger partial charge >= 0.3 is 5.97 Å². The van der Waals surface area contributed by atoms with Crippen LogP contribution in [0.3, 0.4) is 0 Å². The maximum Gasteiger partial charge on any atom is 0.306 e. The number of imide groups is 1. The highest BCUT2D eigenvalue weighted by molar-refractivity contribution is 5.97. The highest BCUT2D eigenvalue weighted by Gasteiger charge is 2.31. The smallest absolute Gasteiger partial charge is 0.306 e. The van der Waals surface area contributed by atoms with Crippen LogP contribution >= 0.6 is 0 Å². The Kier molecular flexibility index (Phi) is 11.5. The van der Waals surface area contributed by atoms with Crippen molar-refractivity contribution in [1.82, 2.24) is 5.32 Å². The molecule has 2 saturated heterocycles. The van der Waals surface area contributed by atoms with Gasteiger partial charge in [-0.15, -0.1) is 0 Å². The summed E-state index contributed by atoms with van der Waals surface area (Å²) in [6.07, 6.45) is 8.35. The predicted octanol–water partition coefficient (Wildman–Crippen LogP) is 4.09. The van der Waals surface area contributed by atoms with Gasteiger partial charge in [-0.05, 0) is 43.4 Å². The van der Waals surface area contributed by atoms with Gasteiger partial charge in [0.05, 0.1) is 6.10 Å². The highest BCUT2D eigenvalue weighted by atomic mass is 16.5. The fourth-order valence-corrected chi connectivity index (χ4v) is 5.36. The van der Waals surface area contributed by atoms with Crippen LogP contribution in [0.1, 0.15) is 104 Å². The molecule has 0 bridgehead atoms. The molecule has 2 heterocycles. The molecule has 2 aliphatic rings. The van der Waals surface area contributed by atoms with E-state index in [1.807, 2.05) is 13.8 Å². The molecule has 7 nitrogen and oxygen atoms in total. The average Bonchev–Trinajstić information content (AvgIpc) is 2.71. The number of Topliss-reactive ketones (excluding diaryl/α,β-unsaturated/α-hetero) is 1. The number of aliphatic hydroxyl groups excluding tert-OH is 1. The van der Waals surface area contributed by atoms with Crippen LogP contribution in [0.25, 0.3) is 0 Å². The van der Waals surface area contributed by atoms with Crippen molar-refractivity contribution in [2.75, 3.05) is 0 Å². The summed E-state index contributed by atoms with van der Waals surface area (Å²) in [6, 6.07) is 0. The van der Waals surface area contributed by atoms with E-state index in [1.165, 1.54) is 19.3 Å². The van der Waals surface area contributed by atoms with Crippen LogP contribution in [-0.4, -0.2) is 40.9 Å². The third-order valence-electron chi connectivity index (χ3n) is 7.22. The van der Waals surface area contributed by atoms with Crippen molar-refractivity contribution in [3.63, 3.8) is 0 Å². The Morgan fingerprint density at radius 1 is 1.03 bits per heavy atom. The molecule has 7 heteroatoms. The molecule has 0 spiro atoms. The normalized spacial score (nSPS) is 26.8. The molecular formula is C26H43NO6. The number of hydrogen-bond donors (Lipinski definition) is 2. The molecule has 0 aromatic carbocycles. The summed E-state index contributed by atoms with van der Waals surface area (Å²) in [5.74, 6) is -1.02. The number of cyclic esters (lactones) is 1. The molecule has 2 rings (SSSR count). The molecule has 2 N–H and O–H groups in total. The summed E-state index contributed by atoms with van der Waals surface area (Å²) >= 11 is 0. The van der Waals surface area contributed by atoms with E-state index in [9.17, 15) is 24.3 Å². The van der Waals surface area contributed by atoms with E-state index in [0.29, 0.717) is 12.8 Å². The molecule has 5 atom stereocenters. The molecular weight excluding hydrogens is 422 g/mol. The lowest BCUT2D eigenvalue weighted by atomic mass is 9.82. The molecule has 0 aromatic heterocycles. The van der Waals surface area contributed by atoms with Crippen molar-refractivity contribution in [3.8, 4) is 0 Å². The zero-order valence-corrected chi connectivity index (χ0v) is 20.6.